The molecule has 1 heterocycles. The number of hydrogen-bond donors (Lipinski definition) is 1. The van der Waals surface area contributed by atoms with Gasteiger partial charge in [-0.25, -0.2) is 12.7 Å². The standard InChI is InChI=1S/C14H16N2O3S2/c1-16(8-12-6-7-19-9-12)21(17,18)10-11-2-4-13(5-3-11)14(15)20/h2-7,9H,8,10H2,1H3,(H2,15,20). The predicted octanol–water partition coefficient (Wildman–Crippen LogP) is 1.88. The molecule has 0 atom stereocenters. The Morgan fingerprint density at radius 1 is 1.24 bits per heavy atom. The number of rotatable bonds is 6. The van der Waals surface area contributed by atoms with E-state index in [2.05, 4.69) is 0 Å². The molecule has 0 saturated carbocycles. The maximum atomic E-state index is 12.3. The second-order valence-electron chi connectivity index (χ2n) is 4.71. The van der Waals surface area contributed by atoms with Gasteiger partial charge in [-0.2, -0.15) is 0 Å². The lowest BCUT2D eigenvalue weighted by Gasteiger charge is -2.16. The number of sulfonamides is 1. The lowest BCUT2D eigenvalue weighted by atomic mass is 10.1. The van der Waals surface area contributed by atoms with Crippen molar-refractivity contribution in [2.45, 2.75) is 12.3 Å². The van der Waals surface area contributed by atoms with Crippen LogP contribution in [0.4, 0.5) is 0 Å². The van der Waals surface area contributed by atoms with E-state index in [0.717, 1.165) is 11.1 Å². The lowest BCUT2D eigenvalue weighted by molar-refractivity contribution is 0.462. The van der Waals surface area contributed by atoms with E-state index in [1.54, 1.807) is 37.4 Å². The zero-order chi connectivity index (χ0) is 15.5. The van der Waals surface area contributed by atoms with Gasteiger partial charge in [-0.1, -0.05) is 36.5 Å². The molecule has 0 spiro atoms. The van der Waals surface area contributed by atoms with Crippen LogP contribution in [0.5, 0.6) is 0 Å². The first kappa shape index (κ1) is 15.7. The van der Waals surface area contributed by atoms with Gasteiger partial charge < -0.3 is 10.2 Å². The molecule has 21 heavy (non-hydrogen) atoms. The van der Waals surface area contributed by atoms with Crippen molar-refractivity contribution in [3.63, 3.8) is 0 Å². The zero-order valence-corrected chi connectivity index (χ0v) is 13.2. The smallest absolute Gasteiger partial charge is 0.218 e. The molecular weight excluding hydrogens is 308 g/mol. The SMILES string of the molecule is CN(Cc1ccoc1)S(=O)(=O)Cc1ccc(C(N)=S)cc1. The lowest BCUT2D eigenvalue weighted by Crippen LogP contribution is -2.27. The van der Waals surface area contributed by atoms with Gasteiger partial charge in [0.2, 0.25) is 10.0 Å². The summed E-state index contributed by atoms with van der Waals surface area (Å²) < 4.78 is 30.8. The van der Waals surface area contributed by atoms with Gasteiger partial charge in [0.1, 0.15) is 4.99 Å². The molecular formula is C14H16N2O3S2. The van der Waals surface area contributed by atoms with Crippen LogP contribution < -0.4 is 5.73 Å². The van der Waals surface area contributed by atoms with E-state index in [-0.39, 0.29) is 12.3 Å². The van der Waals surface area contributed by atoms with Gasteiger partial charge in [0.25, 0.3) is 0 Å². The summed E-state index contributed by atoms with van der Waals surface area (Å²) in [6.07, 6.45) is 3.05. The second-order valence-corrected chi connectivity index (χ2v) is 7.22. The first-order valence-corrected chi connectivity index (χ1v) is 8.24. The molecule has 0 fully saturated rings. The highest BCUT2D eigenvalue weighted by molar-refractivity contribution is 7.88. The van der Waals surface area contributed by atoms with Crippen LogP contribution in [0, 0.1) is 0 Å². The fourth-order valence-electron chi connectivity index (χ4n) is 1.82. The van der Waals surface area contributed by atoms with E-state index in [1.165, 1.54) is 16.8 Å². The number of thiocarbonyl (C=S) groups is 1. The summed E-state index contributed by atoms with van der Waals surface area (Å²) in [6, 6.07) is 8.63. The Morgan fingerprint density at radius 3 is 2.43 bits per heavy atom. The fourth-order valence-corrected chi connectivity index (χ4v) is 3.14. The highest BCUT2D eigenvalue weighted by Gasteiger charge is 2.19. The number of nitrogens with zero attached hydrogens (tertiary/aromatic N) is 1. The van der Waals surface area contributed by atoms with E-state index in [1.807, 2.05) is 0 Å². The van der Waals surface area contributed by atoms with Crippen LogP contribution in [0.25, 0.3) is 0 Å². The Kier molecular flexibility index (Phi) is 4.76. The minimum atomic E-state index is -3.39. The maximum absolute atomic E-state index is 12.3. The van der Waals surface area contributed by atoms with Gasteiger partial charge in [0.05, 0.1) is 18.3 Å². The third-order valence-corrected chi connectivity index (χ3v) is 5.06. The van der Waals surface area contributed by atoms with Crippen LogP contribution in [0.3, 0.4) is 0 Å². The van der Waals surface area contributed by atoms with Crippen molar-refractivity contribution in [2.75, 3.05) is 7.05 Å². The summed E-state index contributed by atoms with van der Waals surface area (Å²) in [4.78, 5) is 0.293. The summed E-state index contributed by atoms with van der Waals surface area (Å²) >= 11 is 4.86. The normalized spacial score (nSPS) is 11.7. The van der Waals surface area contributed by atoms with E-state index < -0.39 is 10.0 Å². The quantitative estimate of drug-likeness (QED) is 0.821. The van der Waals surface area contributed by atoms with E-state index >= 15 is 0 Å². The van der Waals surface area contributed by atoms with Crippen molar-refractivity contribution in [1.82, 2.24) is 4.31 Å². The van der Waals surface area contributed by atoms with Gasteiger partial charge in [-0.05, 0) is 11.6 Å². The third kappa shape index (κ3) is 4.13. The largest absolute Gasteiger partial charge is 0.472 e. The summed E-state index contributed by atoms with van der Waals surface area (Å²) in [5, 5.41) is 0. The van der Waals surface area contributed by atoms with Crippen molar-refractivity contribution in [1.29, 1.82) is 0 Å². The van der Waals surface area contributed by atoms with Crippen LogP contribution in [0.1, 0.15) is 16.7 Å². The molecule has 0 radical (unpaired) electrons. The predicted molar refractivity (Wildman–Crippen MR) is 85.1 cm³/mol. The average Bonchev–Trinajstić information content (AvgIpc) is 2.91. The van der Waals surface area contributed by atoms with Gasteiger partial charge in [0, 0.05) is 24.7 Å². The Hall–Kier alpha value is -1.70. The third-order valence-electron chi connectivity index (χ3n) is 3.05. The van der Waals surface area contributed by atoms with Crippen LogP contribution in [0.15, 0.2) is 47.3 Å². The molecule has 2 N–H and O–H groups in total. The summed E-state index contributed by atoms with van der Waals surface area (Å²) in [5.74, 6) is -0.0705. The zero-order valence-electron chi connectivity index (χ0n) is 11.5. The van der Waals surface area contributed by atoms with Gasteiger partial charge in [-0.15, -0.1) is 0 Å². The monoisotopic (exact) mass is 324 g/mol. The molecule has 0 unspecified atom stereocenters. The van der Waals surface area contributed by atoms with Crippen LogP contribution in [0.2, 0.25) is 0 Å². The Morgan fingerprint density at radius 2 is 1.90 bits per heavy atom. The molecule has 0 amide bonds. The minimum Gasteiger partial charge on any atom is -0.472 e. The van der Waals surface area contributed by atoms with Gasteiger partial charge in [-0.3, -0.25) is 0 Å². The van der Waals surface area contributed by atoms with Crippen molar-refractivity contribution in [2.24, 2.45) is 5.73 Å². The molecule has 0 aliphatic rings. The molecule has 1 aromatic heterocycles. The first-order valence-electron chi connectivity index (χ1n) is 6.22. The Balaban J connectivity index is 2.07. The van der Waals surface area contributed by atoms with E-state index in [4.69, 9.17) is 22.4 Å². The van der Waals surface area contributed by atoms with Crippen LogP contribution >= 0.6 is 12.2 Å². The van der Waals surface area contributed by atoms with Crippen molar-refractivity contribution < 1.29 is 12.8 Å². The van der Waals surface area contributed by atoms with Crippen LogP contribution in [-0.4, -0.2) is 24.8 Å². The second kappa shape index (κ2) is 6.38. The van der Waals surface area contributed by atoms with E-state index in [9.17, 15) is 8.42 Å². The molecule has 0 bridgehead atoms. The molecule has 112 valence electrons. The molecule has 7 heteroatoms. The van der Waals surface area contributed by atoms with Crippen molar-refractivity contribution in [3.8, 4) is 0 Å². The minimum absolute atomic E-state index is 0.0705. The molecule has 0 aliphatic carbocycles. The number of furan rings is 1. The highest BCUT2D eigenvalue weighted by atomic mass is 32.2. The summed E-state index contributed by atoms with van der Waals surface area (Å²) in [5.41, 5.74) is 7.73. The molecule has 0 aliphatic heterocycles. The Labute approximate surface area is 129 Å². The average molecular weight is 324 g/mol. The molecule has 1 aromatic carbocycles. The highest BCUT2D eigenvalue weighted by Crippen LogP contribution is 2.14. The van der Waals surface area contributed by atoms with E-state index in [0.29, 0.717) is 10.6 Å². The number of benzene rings is 1. The van der Waals surface area contributed by atoms with Crippen LogP contribution in [-0.2, 0) is 22.3 Å². The number of nitrogens with two attached hydrogens (primary N) is 1. The first-order chi connectivity index (χ1) is 9.88. The topological polar surface area (TPSA) is 76.5 Å². The van der Waals surface area contributed by atoms with Gasteiger partial charge >= 0.3 is 0 Å². The van der Waals surface area contributed by atoms with Crippen molar-refractivity contribution >= 4 is 27.2 Å². The molecule has 2 rings (SSSR count). The van der Waals surface area contributed by atoms with Gasteiger partial charge in [0.15, 0.2) is 0 Å². The number of hydrogen-bond acceptors (Lipinski definition) is 4. The molecule has 2 aromatic rings. The molecule has 5 nitrogen and oxygen atoms in total. The Bertz CT molecular complexity index is 707. The maximum Gasteiger partial charge on any atom is 0.218 e. The fraction of sp³-hybridized carbons (Fsp3) is 0.214. The van der Waals surface area contributed by atoms with Crippen molar-refractivity contribution in [3.05, 3.63) is 59.5 Å². The summed E-state index contributed by atoms with van der Waals surface area (Å²) in [6.45, 7) is 0.282. The summed E-state index contributed by atoms with van der Waals surface area (Å²) in [7, 11) is -1.85. The molecule has 0 saturated heterocycles.